The van der Waals surface area contributed by atoms with E-state index in [1.807, 2.05) is 0 Å². The van der Waals surface area contributed by atoms with Gasteiger partial charge in [0.15, 0.2) is 0 Å². The van der Waals surface area contributed by atoms with Crippen LogP contribution in [0.4, 0.5) is 0 Å². The summed E-state index contributed by atoms with van der Waals surface area (Å²) in [4.78, 5) is 21.7. The van der Waals surface area contributed by atoms with Crippen molar-refractivity contribution in [3.05, 3.63) is 0 Å². The third kappa shape index (κ3) is 33.3. The normalized spacial score (nSPS) is 6.00. The molecule has 0 fully saturated rings. The molecule has 0 aromatic heterocycles. The molecule has 0 aromatic rings. The summed E-state index contributed by atoms with van der Waals surface area (Å²) in [5.74, 6) is 0. The quantitative estimate of drug-likeness (QED) is 0.260. The standard InChI is InChI=1S/2Na.H3O3P.2H/c;;1-4(2)3;;/h;;1-3H;;. The number of hydrogen-bond acceptors (Lipinski definition) is 3. The van der Waals surface area contributed by atoms with Crippen LogP contribution in [0.25, 0.3) is 0 Å². The first-order valence-corrected chi connectivity index (χ1v) is 1.80. The second-order valence-electron chi connectivity index (χ2n) is 0.268. The van der Waals surface area contributed by atoms with Gasteiger partial charge >= 0.3 is 67.7 Å². The summed E-state index contributed by atoms with van der Waals surface area (Å²) in [5.41, 5.74) is 0. The first kappa shape index (κ1) is 15.7. The Kier molecular flexibility index (Phi) is 27.1. The van der Waals surface area contributed by atoms with Crippen molar-refractivity contribution >= 4 is 67.7 Å². The maximum absolute atomic E-state index is 7.23. The molecule has 0 aliphatic heterocycles. The van der Waals surface area contributed by atoms with Gasteiger partial charge in [0.1, 0.15) is 0 Å². The third-order valence-corrected chi connectivity index (χ3v) is 0. The number of rotatable bonds is 0. The van der Waals surface area contributed by atoms with Crippen molar-refractivity contribution in [1.29, 1.82) is 0 Å². The molecule has 0 aliphatic carbocycles. The molecule has 30 valence electrons. The van der Waals surface area contributed by atoms with Crippen molar-refractivity contribution in [3.8, 4) is 0 Å². The van der Waals surface area contributed by atoms with Crippen LogP contribution in [0.5, 0.6) is 0 Å². The van der Waals surface area contributed by atoms with Gasteiger partial charge in [-0.25, -0.2) is 0 Å². The second kappa shape index (κ2) is 10.3. The van der Waals surface area contributed by atoms with Gasteiger partial charge in [-0.05, 0) is 0 Å². The molecule has 0 aromatic carbocycles. The van der Waals surface area contributed by atoms with Crippen LogP contribution in [-0.2, 0) is 0 Å². The molecule has 0 aliphatic rings. The Balaban J connectivity index is -0.0000000450. The van der Waals surface area contributed by atoms with Crippen molar-refractivity contribution in [2.45, 2.75) is 0 Å². The predicted octanol–water partition coefficient (Wildman–Crippen LogP) is -2.11. The molecule has 0 radical (unpaired) electrons. The summed E-state index contributed by atoms with van der Waals surface area (Å²) in [6.07, 6.45) is 0. The Morgan fingerprint density at radius 3 is 0.833 bits per heavy atom. The first-order chi connectivity index (χ1) is 1.73. The maximum atomic E-state index is 7.23. The zero-order valence-corrected chi connectivity index (χ0v) is 2.68. The van der Waals surface area contributed by atoms with Crippen LogP contribution < -0.4 is 0 Å². The van der Waals surface area contributed by atoms with Crippen LogP contribution in [-0.4, -0.2) is 73.8 Å². The van der Waals surface area contributed by atoms with E-state index in [1.54, 1.807) is 0 Å². The van der Waals surface area contributed by atoms with E-state index in [-0.39, 0.29) is 59.1 Å². The molecule has 3 N–H and O–H groups in total. The average molecular weight is 130 g/mol. The molecule has 0 spiro atoms. The van der Waals surface area contributed by atoms with Crippen LogP contribution in [0, 0.1) is 0 Å². The minimum absolute atomic E-state index is 0. The van der Waals surface area contributed by atoms with Gasteiger partial charge in [-0.2, -0.15) is 0 Å². The van der Waals surface area contributed by atoms with E-state index in [0.29, 0.717) is 0 Å². The molecule has 0 heterocycles. The molecule has 6 heavy (non-hydrogen) atoms. The molecule has 0 rings (SSSR count). The van der Waals surface area contributed by atoms with Gasteiger partial charge in [0.25, 0.3) is 0 Å². The van der Waals surface area contributed by atoms with Gasteiger partial charge in [0.05, 0.1) is 0 Å². The van der Waals surface area contributed by atoms with E-state index < -0.39 is 8.60 Å². The molecule has 0 saturated carbocycles. The Morgan fingerprint density at radius 1 is 0.833 bits per heavy atom. The SMILES string of the molecule is OP(O)O.[NaH].[NaH]. The first-order valence-electron chi connectivity index (χ1n) is 0.600. The van der Waals surface area contributed by atoms with Crippen molar-refractivity contribution < 1.29 is 14.7 Å². The molecule has 3 nitrogen and oxygen atoms in total. The molecule has 0 atom stereocenters. The summed E-state index contributed by atoms with van der Waals surface area (Å²) >= 11 is 0. The van der Waals surface area contributed by atoms with Crippen LogP contribution in [0.3, 0.4) is 0 Å². The Morgan fingerprint density at radius 2 is 0.833 bits per heavy atom. The fraction of sp³-hybridized carbons (Fsp3) is 0. The average Bonchev–Trinajstić information content (AvgIpc) is 0.811. The summed E-state index contributed by atoms with van der Waals surface area (Å²) < 4.78 is 0. The van der Waals surface area contributed by atoms with Crippen LogP contribution in [0.15, 0.2) is 0 Å². The topological polar surface area (TPSA) is 60.7 Å². The second-order valence-corrected chi connectivity index (χ2v) is 0.805. The molecule has 6 heteroatoms. The van der Waals surface area contributed by atoms with Gasteiger partial charge in [-0.15, -0.1) is 0 Å². The molecular formula is H5Na2O3P. The third-order valence-electron chi connectivity index (χ3n) is 0. The van der Waals surface area contributed by atoms with Gasteiger partial charge < -0.3 is 14.7 Å². The summed E-state index contributed by atoms with van der Waals surface area (Å²) in [6, 6.07) is 0. The summed E-state index contributed by atoms with van der Waals surface area (Å²) in [5, 5.41) is 0. The Bertz CT molecular complexity index is 13.5. The van der Waals surface area contributed by atoms with E-state index >= 15 is 0 Å². The van der Waals surface area contributed by atoms with Crippen LogP contribution in [0.2, 0.25) is 0 Å². The van der Waals surface area contributed by atoms with Crippen LogP contribution in [0.1, 0.15) is 0 Å². The molecule has 0 bridgehead atoms. The zero-order chi connectivity index (χ0) is 3.58. The Hall–Kier alpha value is 2.31. The summed E-state index contributed by atoms with van der Waals surface area (Å²) in [6.45, 7) is 0. The number of hydrogen-bond donors (Lipinski definition) is 3. The molecular weight excluding hydrogens is 125 g/mol. The van der Waals surface area contributed by atoms with E-state index in [4.69, 9.17) is 14.7 Å². The van der Waals surface area contributed by atoms with E-state index in [9.17, 15) is 0 Å². The van der Waals surface area contributed by atoms with E-state index in [1.165, 1.54) is 0 Å². The molecule has 0 saturated heterocycles. The van der Waals surface area contributed by atoms with Gasteiger partial charge in [0, 0.05) is 0 Å². The molecule has 0 unspecified atom stereocenters. The van der Waals surface area contributed by atoms with Gasteiger partial charge in [0.2, 0.25) is 0 Å². The van der Waals surface area contributed by atoms with Crippen molar-refractivity contribution in [2.24, 2.45) is 0 Å². The van der Waals surface area contributed by atoms with E-state index in [0.717, 1.165) is 0 Å². The fourth-order valence-corrected chi connectivity index (χ4v) is 0. The van der Waals surface area contributed by atoms with Crippen molar-refractivity contribution in [3.63, 3.8) is 0 Å². The van der Waals surface area contributed by atoms with Crippen LogP contribution >= 0.6 is 8.60 Å². The Labute approximate surface area is 81.3 Å². The van der Waals surface area contributed by atoms with Crippen molar-refractivity contribution in [2.75, 3.05) is 0 Å². The minimum atomic E-state index is -2.62. The predicted molar refractivity (Wildman–Crippen MR) is 27.9 cm³/mol. The molecule has 0 amide bonds. The van der Waals surface area contributed by atoms with E-state index in [2.05, 4.69) is 0 Å². The fourth-order valence-electron chi connectivity index (χ4n) is 0. The summed E-state index contributed by atoms with van der Waals surface area (Å²) in [7, 11) is -2.62. The van der Waals surface area contributed by atoms with Gasteiger partial charge in [-0.1, -0.05) is 0 Å². The zero-order valence-electron chi connectivity index (χ0n) is 1.79. The van der Waals surface area contributed by atoms with Crippen molar-refractivity contribution in [1.82, 2.24) is 0 Å². The van der Waals surface area contributed by atoms with Gasteiger partial charge in [-0.3, -0.25) is 0 Å². The monoisotopic (exact) mass is 130 g/mol.